The molecule has 48 heavy (non-hydrogen) atoms. The zero-order valence-electron chi connectivity index (χ0n) is 26.3. The van der Waals surface area contributed by atoms with Gasteiger partial charge in [0.05, 0.1) is 5.69 Å². The fourth-order valence-electron chi connectivity index (χ4n) is 6.93. The number of rotatable bonds is 6. The minimum absolute atomic E-state index is 0.895. The Hall–Kier alpha value is -6.38. The smallest absolute Gasteiger partial charge is 0.143 e. The highest BCUT2D eigenvalue weighted by atomic mass is 16.3. The third-order valence-electron chi connectivity index (χ3n) is 9.22. The summed E-state index contributed by atoms with van der Waals surface area (Å²) in [6.07, 6.45) is 0. The summed E-state index contributed by atoms with van der Waals surface area (Å²) in [6, 6.07) is 66.9. The minimum atomic E-state index is 0.895. The molecule has 2 nitrogen and oxygen atoms in total. The number of hydrogen-bond donors (Lipinski definition) is 0. The highest BCUT2D eigenvalue weighted by Gasteiger charge is 2.21. The maximum Gasteiger partial charge on any atom is 0.143 e. The van der Waals surface area contributed by atoms with Crippen molar-refractivity contribution in [3.63, 3.8) is 0 Å². The standard InChI is InChI=1S/C46H31NO/c1-3-14-32(15-4-1)34-20-11-22-38(28-34)47(39-23-12-21-35(29-39)33-16-5-2-6-17-33)44-27-10-9-24-40(44)41-25-13-26-42-43-30-36-18-7-8-19-37(36)31-45(43)48-46(41)42/h1-31H. The Morgan fingerprint density at radius 3 is 1.54 bits per heavy atom. The average molecular weight is 614 g/mol. The lowest BCUT2D eigenvalue weighted by atomic mass is 9.98. The van der Waals surface area contributed by atoms with Crippen LogP contribution in [-0.4, -0.2) is 0 Å². The van der Waals surface area contributed by atoms with Gasteiger partial charge in [-0.1, -0.05) is 146 Å². The molecule has 2 heteroatoms. The van der Waals surface area contributed by atoms with Crippen molar-refractivity contribution in [2.24, 2.45) is 0 Å². The quantitative estimate of drug-likeness (QED) is 0.185. The lowest BCUT2D eigenvalue weighted by Crippen LogP contribution is -2.11. The first-order valence-corrected chi connectivity index (χ1v) is 16.3. The fourth-order valence-corrected chi connectivity index (χ4v) is 6.93. The van der Waals surface area contributed by atoms with Crippen molar-refractivity contribution < 1.29 is 4.42 Å². The van der Waals surface area contributed by atoms with Crippen molar-refractivity contribution in [2.75, 3.05) is 4.90 Å². The Balaban J connectivity index is 1.27. The lowest BCUT2D eigenvalue weighted by Gasteiger charge is -2.28. The van der Waals surface area contributed by atoms with Gasteiger partial charge in [-0.05, 0) is 75.5 Å². The molecule has 226 valence electrons. The van der Waals surface area contributed by atoms with Crippen molar-refractivity contribution in [2.45, 2.75) is 0 Å². The van der Waals surface area contributed by atoms with Crippen molar-refractivity contribution in [3.8, 4) is 33.4 Å². The topological polar surface area (TPSA) is 16.4 Å². The zero-order chi connectivity index (χ0) is 31.9. The number of fused-ring (bicyclic) bond motifs is 4. The van der Waals surface area contributed by atoms with Crippen LogP contribution in [0.25, 0.3) is 66.1 Å². The summed E-state index contributed by atoms with van der Waals surface area (Å²) in [5.41, 5.74) is 11.9. The first-order valence-electron chi connectivity index (χ1n) is 16.3. The van der Waals surface area contributed by atoms with Gasteiger partial charge in [-0.25, -0.2) is 0 Å². The fraction of sp³-hybridized carbons (Fsp3) is 0. The highest BCUT2D eigenvalue weighted by molar-refractivity contribution is 6.14. The molecule has 1 aromatic heterocycles. The van der Waals surface area contributed by atoms with E-state index in [2.05, 4.69) is 193 Å². The van der Waals surface area contributed by atoms with Crippen molar-refractivity contribution in [1.29, 1.82) is 0 Å². The van der Waals surface area contributed by atoms with Gasteiger partial charge in [0, 0.05) is 33.3 Å². The molecule has 9 rings (SSSR count). The Morgan fingerprint density at radius 2 is 0.875 bits per heavy atom. The van der Waals surface area contributed by atoms with Crippen LogP contribution in [0.1, 0.15) is 0 Å². The second-order valence-electron chi connectivity index (χ2n) is 12.2. The average Bonchev–Trinajstić information content (AvgIpc) is 3.53. The van der Waals surface area contributed by atoms with Crippen LogP contribution < -0.4 is 4.90 Å². The molecule has 0 amide bonds. The predicted molar refractivity (Wildman–Crippen MR) is 202 cm³/mol. The Morgan fingerprint density at radius 1 is 0.354 bits per heavy atom. The van der Waals surface area contributed by atoms with E-state index in [0.717, 1.165) is 50.1 Å². The van der Waals surface area contributed by atoms with Crippen molar-refractivity contribution >= 4 is 49.8 Å². The molecule has 0 saturated heterocycles. The summed E-state index contributed by atoms with van der Waals surface area (Å²) in [5.74, 6) is 0. The van der Waals surface area contributed by atoms with Gasteiger partial charge < -0.3 is 9.32 Å². The minimum Gasteiger partial charge on any atom is -0.455 e. The molecular weight excluding hydrogens is 583 g/mol. The number of benzene rings is 8. The van der Waals surface area contributed by atoms with Gasteiger partial charge in [0.1, 0.15) is 11.2 Å². The van der Waals surface area contributed by atoms with E-state index in [4.69, 9.17) is 4.42 Å². The second kappa shape index (κ2) is 11.8. The number of hydrogen-bond acceptors (Lipinski definition) is 2. The number of nitrogens with zero attached hydrogens (tertiary/aromatic N) is 1. The maximum atomic E-state index is 6.73. The maximum absolute atomic E-state index is 6.73. The molecule has 0 aliphatic heterocycles. The van der Waals surface area contributed by atoms with Crippen LogP contribution in [0.2, 0.25) is 0 Å². The molecule has 0 atom stereocenters. The molecule has 0 radical (unpaired) electrons. The summed E-state index contributed by atoms with van der Waals surface area (Å²) >= 11 is 0. The second-order valence-corrected chi connectivity index (χ2v) is 12.2. The lowest BCUT2D eigenvalue weighted by molar-refractivity contribution is 0.670. The molecule has 0 aliphatic carbocycles. The number of anilines is 3. The van der Waals surface area contributed by atoms with Gasteiger partial charge in [0.15, 0.2) is 0 Å². The van der Waals surface area contributed by atoms with Crippen LogP contribution in [0.3, 0.4) is 0 Å². The molecule has 0 saturated carbocycles. The Kier molecular flexibility index (Phi) is 6.84. The van der Waals surface area contributed by atoms with E-state index in [0.29, 0.717) is 0 Å². The summed E-state index contributed by atoms with van der Waals surface area (Å²) in [5, 5.41) is 4.63. The van der Waals surface area contributed by atoms with Gasteiger partial charge in [-0.2, -0.15) is 0 Å². The van der Waals surface area contributed by atoms with Crippen LogP contribution in [0.4, 0.5) is 17.1 Å². The van der Waals surface area contributed by atoms with Gasteiger partial charge in [0.2, 0.25) is 0 Å². The molecule has 0 aliphatic rings. The number of furan rings is 1. The molecule has 0 spiro atoms. The van der Waals surface area contributed by atoms with Gasteiger partial charge in [0.25, 0.3) is 0 Å². The van der Waals surface area contributed by atoms with Crippen LogP contribution in [-0.2, 0) is 0 Å². The monoisotopic (exact) mass is 613 g/mol. The van der Waals surface area contributed by atoms with Crippen LogP contribution in [0, 0.1) is 0 Å². The van der Waals surface area contributed by atoms with E-state index in [1.807, 2.05) is 0 Å². The Bertz CT molecular complexity index is 2480. The summed E-state index contributed by atoms with van der Waals surface area (Å²) < 4.78 is 6.73. The van der Waals surface area contributed by atoms with Gasteiger partial charge in [-0.15, -0.1) is 0 Å². The normalized spacial score (nSPS) is 11.3. The van der Waals surface area contributed by atoms with Crippen LogP contribution >= 0.6 is 0 Å². The Labute approximate surface area is 279 Å². The first kappa shape index (κ1) is 27.9. The predicted octanol–water partition coefficient (Wildman–Crippen LogP) is 13.2. The van der Waals surface area contributed by atoms with E-state index in [9.17, 15) is 0 Å². The summed E-state index contributed by atoms with van der Waals surface area (Å²) in [7, 11) is 0. The van der Waals surface area contributed by atoms with Gasteiger partial charge in [-0.3, -0.25) is 0 Å². The van der Waals surface area contributed by atoms with Crippen molar-refractivity contribution in [3.05, 3.63) is 188 Å². The molecule has 0 N–H and O–H groups in total. The molecule has 0 unspecified atom stereocenters. The zero-order valence-corrected chi connectivity index (χ0v) is 26.3. The largest absolute Gasteiger partial charge is 0.455 e. The third kappa shape index (κ3) is 4.92. The molecule has 8 aromatic carbocycles. The molecule has 1 heterocycles. The SMILES string of the molecule is c1ccc(-c2cccc(N(c3cccc(-c4ccccc4)c3)c3ccccc3-c3cccc4c3oc3cc5ccccc5cc34)c2)cc1. The number of para-hydroxylation sites is 2. The molecular formula is C46H31NO. The van der Waals surface area contributed by atoms with E-state index >= 15 is 0 Å². The molecule has 9 aromatic rings. The van der Waals surface area contributed by atoms with E-state index in [-0.39, 0.29) is 0 Å². The highest BCUT2D eigenvalue weighted by Crippen LogP contribution is 2.45. The van der Waals surface area contributed by atoms with E-state index in [1.165, 1.54) is 33.0 Å². The summed E-state index contributed by atoms with van der Waals surface area (Å²) in [6.45, 7) is 0. The molecule has 0 bridgehead atoms. The van der Waals surface area contributed by atoms with Crippen LogP contribution in [0.15, 0.2) is 192 Å². The first-order chi connectivity index (χ1) is 23.8. The van der Waals surface area contributed by atoms with Crippen molar-refractivity contribution in [1.82, 2.24) is 0 Å². The van der Waals surface area contributed by atoms with E-state index in [1.54, 1.807) is 0 Å². The van der Waals surface area contributed by atoms with Gasteiger partial charge >= 0.3 is 0 Å². The van der Waals surface area contributed by atoms with Crippen LogP contribution in [0.5, 0.6) is 0 Å². The van der Waals surface area contributed by atoms with E-state index < -0.39 is 0 Å². The third-order valence-corrected chi connectivity index (χ3v) is 9.22. The molecule has 0 fully saturated rings. The summed E-state index contributed by atoms with van der Waals surface area (Å²) in [4.78, 5) is 2.38.